The summed E-state index contributed by atoms with van der Waals surface area (Å²) in [5, 5.41) is 12.1. The van der Waals surface area contributed by atoms with E-state index < -0.39 is 0 Å². The van der Waals surface area contributed by atoms with Gasteiger partial charge in [-0.15, -0.1) is 0 Å². The number of carbonyl (C=O) groups excluding carboxylic acids is 1. The number of nitrogens with zero attached hydrogens (tertiary/aromatic N) is 1. The number of amides is 1. The highest BCUT2D eigenvalue weighted by molar-refractivity contribution is 5.96. The molecule has 0 spiro atoms. The molecule has 1 aromatic carbocycles. The Bertz CT molecular complexity index is 439. The van der Waals surface area contributed by atoms with Crippen LogP contribution >= 0.6 is 0 Å². The molecule has 0 aromatic heterocycles. The molecular formula is C16H27N3O2. The van der Waals surface area contributed by atoms with E-state index in [9.17, 15) is 9.90 Å². The molecule has 0 aliphatic heterocycles. The number of para-hydroxylation sites is 1. The first kappa shape index (κ1) is 17.5. The zero-order valence-corrected chi connectivity index (χ0v) is 13.2. The maximum Gasteiger partial charge on any atom is 0.238 e. The lowest BCUT2D eigenvalue weighted by Crippen LogP contribution is -2.42. The summed E-state index contributed by atoms with van der Waals surface area (Å²) in [6.07, 6.45) is 1.91. The first-order chi connectivity index (χ1) is 10.0. The van der Waals surface area contributed by atoms with Crippen LogP contribution in [-0.4, -0.2) is 41.7 Å². The first-order valence-corrected chi connectivity index (χ1v) is 7.53. The zero-order valence-electron chi connectivity index (χ0n) is 13.2. The van der Waals surface area contributed by atoms with Crippen LogP contribution in [0.1, 0.15) is 32.3 Å². The number of anilines is 2. The van der Waals surface area contributed by atoms with Gasteiger partial charge in [-0.3, -0.25) is 9.69 Å². The van der Waals surface area contributed by atoms with E-state index in [4.69, 9.17) is 5.73 Å². The molecule has 0 saturated carbocycles. The van der Waals surface area contributed by atoms with E-state index in [1.54, 1.807) is 6.07 Å². The largest absolute Gasteiger partial charge is 0.397 e. The monoisotopic (exact) mass is 293 g/mol. The van der Waals surface area contributed by atoms with E-state index in [1.807, 2.05) is 24.0 Å². The Morgan fingerprint density at radius 1 is 1.38 bits per heavy atom. The second-order valence-electron chi connectivity index (χ2n) is 5.25. The van der Waals surface area contributed by atoms with Gasteiger partial charge in [0.25, 0.3) is 0 Å². The second-order valence-corrected chi connectivity index (χ2v) is 5.25. The van der Waals surface area contributed by atoms with Crippen molar-refractivity contribution in [1.29, 1.82) is 0 Å². The lowest BCUT2D eigenvalue weighted by atomic mass is 10.1. The molecule has 1 aromatic rings. The van der Waals surface area contributed by atoms with Gasteiger partial charge in [0, 0.05) is 12.6 Å². The molecule has 0 aliphatic rings. The first-order valence-electron chi connectivity index (χ1n) is 7.53. The summed E-state index contributed by atoms with van der Waals surface area (Å²) in [6.45, 7) is 6.92. The van der Waals surface area contributed by atoms with Crippen molar-refractivity contribution in [3.8, 4) is 0 Å². The van der Waals surface area contributed by atoms with Crippen LogP contribution in [0.5, 0.6) is 0 Å². The van der Waals surface area contributed by atoms with Crippen LogP contribution in [0.3, 0.4) is 0 Å². The summed E-state index contributed by atoms with van der Waals surface area (Å²) in [6, 6.07) is 5.85. The van der Waals surface area contributed by atoms with Crippen molar-refractivity contribution in [3.63, 3.8) is 0 Å². The lowest BCUT2D eigenvalue weighted by molar-refractivity contribution is -0.118. The molecule has 5 heteroatoms. The normalized spacial score (nSPS) is 11.1. The van der Waals surface area contributed by atoms with Gasteiger partial charge in [0.05, 0.1) is 24.5 Å². The van der Waals surface area contributed by atoms with E-state index >= 15 is 0 Å². The highest BCUT2D eigenvalue weighted by Crippen LogP contribution is 2.22. The van der Waals surface area contributed by atoms with Gasteiger partial charge in [-0.05, 0) is 31.4 Å². The molecule has 0 bridgehead atoms. The Labute approximate surface area is 127 Å². The molecule has 0 aliphatic carbocycles. The zero-order chi connectivity index (χ0) is 15.8. The SMILES string of the molecule is CCC(CC)N(CCO)CC(=O)Nc1c(C)cccc1N. The third-order valence-electron chi connectivity index (χ3n) is 3.76. The Morgan fingerprint density at radius 3 is 2.57 bits per heavy atom. The third-order valence-corrected chi connectivity index (χ3v) is 3.76. The average Bonchev–Trinajstić information content (AvgIpc) is 2.44. The van der Waals surface area contributed by atoms with Crippen molar-refractivity contribution < 1.29 is 9.90 Å². The summed E-state index contributed by atoms with van der Waals surface area (Å²) in [5.74, 6) is -0.101. The van der Waals surface area contributed by atoms with Crippen molar-refractivity contribution in [1.82, 2.24) is 4.90 Å². The summed E-state index contributed by atoms with van der Waals surface area (Å²) >= 11 is 0. The topological polar surface area (TPSA) is 78.6 Å². The molecule has 0 heterocycles. The maximum atomic E-state index is 12.2. The summed E-state index contributed by atoms with van der Waals surface area (Å²) in [7, 11) is 0. The summed E-state index contributed by atoms with van der Waals surface area (Å²) in [5.41, 5.74) is 8.09. The lowest BCUT2D eigenvalue weighted by Gasteiger charge is -2.29. The van der Waals surface area contributed by atoms with E-state index in [1.165, 1.54) is 0 Å². The highest BCUT2D eigenvalue weighted by Gasteiger charge is 2.18. The van der Waals surface area contributed by atoms with Crippen LogP contribution in [-0.2, 0) is 4.79 Å². The minimum absolute atomic E-state index is 0.0519. The molecular weight excluding hydrogens is 266 g/mol. The quantitative estimate of drug-likeness (QED) is 0.641. The minimum Gasteiger partial charge on any atom is -0.397 e. The average molecular weight is 293 g/mol. The highest BCUT2D eigenvalue weighted by atomic mass is 16.3. The van der Waals surface area contributed by atoms with Crippen molar-refractivity contribution in [3.05, 3.63) is 23.8 Å². The second kappa shape index (κ2) is 8.64. The van der Waals surface area contributed by atoms with Crippen LogP contribution in [0, 0.1) is 6.92 Å². The number of nitrogens with one attached hydrogen (secondary N) is 1. The number of nitrogens with two attached hydrogens (primary N) is 1. The van der Waals surface area contributed by atoms with Gasteiger partial charge in [-0.25, -0.2) is 0 Å². The van der Waals surface area contributed by atoms with Gasteiger partial charge in [-0.2, -0.15) is 0 Å². The molecule has 0 fully saturated rings. The smallest absolute Gasteiger partial charge is 0.238 e. The fraction of sp³-hybridized carbons (Fsp3) is 0.562. The number of aryl methyl sites for hydroxylation is 1. The number of rotatable bonds is 8. The minimum atomic E-state index is -0.101. The summed E-state index contributed by atoms with van der Waals surface area (Å²) < 4.78 is 0. The van der Waals surface area contributed by atoms with Gasteiger partial charge in [0.2, 0.25) is 5.91 Å². The number of aliphatic hydroxyl groups excluding tert-OH is 1. The molecule has 4 N–H and O–H groups in total. The third kappa shape index (κ3) is 5.02. The van der Waals surface area contributed by atoms with E-state index in [2.05, 4.69) is 19.2 Å². The number of hydrogen-bond acceptors (Lipinski definition) is 4. The van der Waals surface area contributed by atoms with Crippen LogP contribution in [0.15, 0.2) is 18.2 Å². The van der Waals surface area contributed by atoms with Gasteiger partial charge in [0.1, 0.15) is 0 Å². The standard InChI is InChI=1S/C16H27N3O2/c1-4-13(5-2)19(9-10-20)11-15(21)18-16-12(3)7-6-8-14(16)17/h6-8,13,20H,4-5,9-11,17H2,1-3H3,(H,18,21). The molecule has 1 rings (SSSR count). The van der Waals surface area contributed by atoms with Crippen molar-refractivity contribution in [2.75, 3.05) is 30.7 Å². The van der Waals surface area contributed by atoms with Gasteiger partial charge >= 0.3 is 0 Å². The van der Waals surface area contributed by atoms with Crippen molar-refractivity contribution in [2.45, 2.75) is 39.7 Å². The molecule has 118 valence electrons. The Morgan fingerprint density at radius 2 is 2.05 bits per heavy atom. The predicted octanol–water partition coefficient (Wildman–Crippen LogP) is 2.00. The maximum absolute atomic E-state index is 12.2. The molecule has 0 atom stereocenters. The van der Waals surface area contributed by atoms with E-state index in [0.29, 0.717) is 24.0 Å². The van der Waals surface area contributed by atoms with Crippen LogP contribution in [0.25, 0.3) is 0 Å². The number of benzene rings is 1. The van der Waals surface area contributed by atoms with E-state index in [0.717, 1.165) is 18.4 Å². The molecule has 1 amide bonds. The van der Waals surface area contributed by atoms with E-state index in [-0.39, 0.29) is 19.1 Å². The molecule has 0 unspecified atom stereocenters. The van der Waals surface area contributed by atoms with Gasteiger partial charge in [0.15, 0.2) is 0 Å². The molecule has 5 nitrogen and oxygen atoms in total. The van der Waals surface area contributed by atoms with Crippen LogP contribution < -0.4 is 11.1 Å². The Hall–Kier alpha value is -1.59. The Kier molecular flexibility index (Phi) is 7.19. The van der Waals surface area contributed by atoms with Crippen LogP contribution in [0.4, 0.5) is 11.4 Å². The molecule has 21 heavy (non-hydrogen) atoms. The number of nitrogen functional groups attached to an aromatic ring is 1. The fourth-order valence-corrected chi connectivity index (χ4v) is 2.55. The Balaban J connectivity index is 2.74. The van der Waals surface area contributed by atoms with Crippen LogP contribution in [0.2, 0.25) is 0 Å². The van der Waals surface area contributed by atoms with Crippen molar-refractivity contribution in [2.24, 2.45) is 0 Å². The number of carbonyl (C=O) groups is 1. The van der Waals surface area contributed by atoms with Crippen molar-refractivity contribution >= 4 is 17.3 Å². The van der Waals surface area contributed by atoms with Gasteiger partial charge in [-0.1, -0.05) is 26.0 Å². The fourth-order valence-electron chi connectivity index (χ4n) is 2.55. The summed E-state index contributed by atoms with van der Waals surface area (Å²) in [4.78, 5) is 14.3. The number of hydrogen-bond donors (Lipinski definition) is 3. The van der Waals surface area contributed by atoms with Gasteiger partial charge < -0.3 is 16.2 Å². The predicted molar refractivity (Wildman–Crippen MR) is 87.2 cm³/mol. The number of aliphatic hydroxyl groups is 1. The molecule has 0 radical (unpaired) electrons. The molecule has 0 saturated heterocycles.